The zero-order valence-corrected chi connectivity index (χ0v) is 42.1. The molecule has 1 aliphatic heterocycles. The average Bonchev–Trinajstić information content (AvgIpc) is 1.82. The first-order valence-electron chi connectivity index (χ1n) is 24.4. The Labute approximate surface area is 451 Å². The van der Waals surface area contributed by atoms with E-state index in [2.05, 4.69) is 0 Å². The molecule has 0 radical (unpaired) electrons. The summed E-state index contributed by atoms with van der Waals surface area (Å²) in [5, 5.41) is 2.11. The van der Waals surface area contributed by atoms with Crippen molar-refractivity contribution in [3.8, 4) is 0 Å². The maximum Gasteiger partial charge on any atom is 0.416 e. The Hall–Kier alpha value is -7.04. The van der Waals surface area contributed by atoms with Crippen molar-refractivity contribution in [2.75, 3.05) is 0 Å². The fourth-order valence-electron chi connectivity index (χ4n) is 11.0. The molecule has 432 valence electrons. The van der Waals surface area contributed by atoms with Gasteiger partial charge in [0.05, 0.1) is 52.0 Å². The van der Waals surface area contributed by atoms with Crippen molar-refractivity contribution in [2.24, 2.45) is 4.99 Å². The summed E-state index contributed by atoms with van der Waals surface area (Å²) in [5.41, 5.74) is -27.1. The molecular formula is C56H35BF22N2P-. The number of halogens is 22. The zero-order valence-electron chi connectivity index (χ0n) is 41.2. The van der Waals surface area contributed by atoms with E-state index in [1.54, 1.807) is 60.7 Å². The highest BCUT2D eigenvalue weighted by Gasteiger charge is 2.49. The van der Waals surface area contributed by atoms with Crippen LogP contribution in [-0.4, -0.2) is 29.0 Å². The Bertz CT molecular complexity index is 3220. The number of rotatable bonds is 10. The molecule has 0 unspecified atom stereocenters. The van der Waals surface area contributed by atoms with Crippen LogP contribution < -0.4 is 37.8 Å². The number of benzene rings is 7. The first-order valence-corrected chi connectivity index (χ1v) is 25.7. The predicted molar refractivity (Wildman–Crippen MR) is 263 cm³/mol. The number of alkyl halides is 18. The molecule has 0 bridgehead atoms. The van der Waals surface area contributed by atoms with Crippen molar-refractivity contribution >= 4 is 57.7 Å². The van der Waals surface area contributed by atoms with Gasteiger partial charge in [0.25, 0.3) is 0 Å². The van der Waals surface area contributed by atoms with Crippen LogP contribution in [0.25, 0.3) is 0 Å². The number of aliphatic imine (C=N–C) groups is 1. The molecule has 1 fully saturated rings. The second-order valence-corrected chi connectivity index (χ2v) is 21.7. The van der Waals surface area contributed by atoms with Crippen LogP contribution in [0.3, 0.4) is 0 Å². The second kappa shape index (κ2) is 21.3. The number of amidine groups is 1. The van der Waals surface area contributed by atoms with Crippen LogP contribution in [-0.2, 0) is 43.6 Å². The van der Waals surface area contributed by atoms with E-state index in [1.165, 1.54) is 4.90 Å². The molecule has 7 aromatic rings. The number of nitrogens with zero attached hydrogens (tertiary/aromatic N) is 2. The minimum absolute atomic E-state index is 0.0370. The fraction of sp³-hybridized carbons (Fsp3) is 0.232. The Morgan fingerprint density at radius 3 is 1.13 bits per heavy atom. The molecule has 9 rings (SSSR count). The van der Waals surface area contributed by atoms with Crippen LogP contribution in [0.1, 0.15) is 70.2 Å². The Kier molecular flexibility index (Phi) is 15.5. The van der Waals surface area contributed by atoms with E-state index in [1.807, 2.05) is 24.3 Å². The van der Waals surface area contributed by atoms with Gasteiger partial charge in [0.15, 0.2) is 11.6 Å². The van der Waals surface area contributed by atoms with Gasteiger partial charge in [-0.15, -0.1) is 5.46 Å². The highest BCUT2D eigenvalue weighted by Crippen LogP contribution is 2.43. The van der Waals surface area contributed by atoms with E-state index < -0.39 is 208 Å². The third-order valence-corrected chi connectivity index (χ3v) is 17.0. The van der Waals surface area contributed by atoms with Crippen LogP contribution in [0.5, 0.6) is 0 Å². The standard InChI is InChI=1S/C56H35BF22N2P/c58-46-41(28-81-43-17-9-8-16-42(43)80-50(81)40-15-7-10-18-44(40)82(38-11-3-1-4-12-38)39-13-5-2-6-14-39)47(59)49(61)45(48(46)60)57(35-22-29(51(62,63)64)19-30(23-35)52(65,66)67,36-24-31(53(68,69)70)20-32(25-36)54(71,72)73)37-26-33(55(74,75)76)21-34(27-37)56(77,78)79/h1-7,10-15,18-27,42-43H,8-9,16-17,28H2/q-1/t42-,43-/m1/s1. The molecule has 2 atom stereocenters. The van der Waals surface area contributed by atoms with Gasteiger partial charge >= 0.3 is 37.1 Å². The summed E-state index contributed by atoms with van der Waals surface area (Å²) in [5.74, 6) is -11.6. The molecule has 26 heteroatoms. The van der Waals surface area contributed by atoms with E-state index in [4.69, 9.17) is 4.99 Å². The van der Waals surface area contributed by atoms with Crippen molar-refractivity contribution in [3.05, 3.63) is 207 Å². The summed E-state index contributed by atoms with van der Waals surface area (Å²) in [6, 6.07) is 16.5. The monoisotopic (exact) mass is 1200 g/mol. The van der Waals surface area contributed by atoms with Gasteiger partial charge < -0.3 is 4.90 Å². The number of hydrogen-bond donors (Lipinski definition) is 0. The normalized spacial score (nSPS) is 16.7. The average molecular weight is 1200 g/mol. The Balaban J connectivity index is 1.40. The molecule has 0 spiro atoms. The quantitative estimate of drug-likeness (QED) is 0.0577. The van der Waals surface area contributed by atoms with Crippen molar-refractivity contribution in [3.63, 3.8) is 0 Å². The molecular weight excluding hydrogens is 1160 g/mol. The summed E-state index contributed by atoms with van der Waals surface area (Å²) in [4.78, 5) is 6.14. The maximum atomic E-state index is 18.1. The third-order valence-electron chi connectivity index (χ3n) is 14.5. The molecule has 2 aliphatic rings. The van der Waals surface area contributed by atoms with E-state index in [0.717, 1.165) is 10.6 Å². The highest BCUT2D eigenvalue weighted by atomic mass is 31.1. The van der Waals surface area contributed by atoms with Crippen LogP contribution in [0, 0.1) is 23.3 Å². The van der Waals surface area contributed by atoms with Crippen molar-refractivity contribution in [2.45, 2.75) is 81.4 Å². The molecule has 0 amide bonds. The lowest BCUT2D eigenvalue weighted by Crippen LogP contribution is -2.77. The molecule has 7 aromatic carbocycles. The van der Waals surface area contributed by atoms with Gasteiger partial charge in [0.1, 0.15) is 23.6 Å². The van der Waals surface area contributed by atoms with E-state index in [-0.39, 0.29) is 12.3 Å². The lowest BCUT2D eigenvalue weighted by molar-refractivity contribution is -0.144. The van der Waals surface area contributed by atoms with Crippen LogP contribution in [0.4, 0.5) is 96.6 Å². The summed E-state index contributed by atoms with van der Waals surface area (Å²) in [6.07, 6.45) is -41.6. The van der Waals surface area contributed by atoms with Gasteiger partial charge in [0, 0.05) is 11.1 Å². The minimum Gasteiger partial charge on any atom is -0.347 e. The molecule has 82 heavy (non-hydrogen) atoms. The van der Waals surface area contributed by atoms with E-state index >= 15 is 17.6 Å². The molecule has 0 N–H and O–H groups in total. The highest BCUT2D eigenvalue weighted by molar-refractivity contribution is 7.80. The Morgan fingerprint density at radius 1 is 0.427 bits per heavy atom. The summed E-state index contributed by atoms with van der Waals surface area (Å²) < 4.78 is 338. The first-order chi connectivity index (χ1) is 38.1. The summed E-state index contributed by atoms with van der Waals surface area (Å²) in [6.45, 7) is -1.31. The number of fused-ring (bicyclic) bond motifs is 1. The third kappa shape index (κ3) is 11.3. The molecule has 1 heterocycles. The van der Waals surface area contributed by atoms with Crippen LogP contribution in [0.15, 0.2) is 145 Å². The SMILES string of the molecule is Fc1c(F)c([B-](c2cc(C(F)(F)F)cc(C(F)(F)F)c2)(c2cc(C(F)(F)F)cc(C(F)(F)F)c2)c2cc(C(F)(F)F)cc(C(F)(F)F)c2)c(F)c(F)c1CN1C(c2ccccc2P(c2ccccc2)c2ccccc2)=N[C@@H]2CCCC[C@H]21. The minimum atomic E-state index is -6.17. The molecule has 1 saturated carbocycles. The van der Waals surface area contributed by atoms with Crippen molar-refractivity contribution < 1.29 is 96.6 Å². The molecule has 0 saturated heterocycles. The van der Waals surface area contributed by atoms with Crippen LogP contribution >= 0.6 is 7.92 Å². The lowest BCUT2D eigenvalue weighted by atomic mass is 9.12. The Morgan fingerprint density at radius 2 is 0.768 bits per heavy atom. The predicted octanol–water partition coefficient (Wildman–Crippen LogP) is 14.1. The largest absolute Gasteiger partial charge is 0.416 e. The van der Waals surface area contributed by atoms with Gasteiger partial charge in [-0.2, -0.15) is 95.4 Å². The molecule has 1 aliphatic carbocycles. The van der Waals surface area contributed by atoms with Gasteiger partial charge in [-0.05, 0) is 54.9 Å². The zero-order chi connectivity index (χ0) is 59.9. The topological polar surface area (TPSA) is 15.6 Å². The summed E-state index contributed by atoms with van der Waals surface area (Å²) >= 11 is 0. The van der Waals surface area contributed by atoms with Gasteiger partial charge in [0.2, 0.25) is 0 Å². The summed E-state index contributed by atoms with van der Waals surface area (Å²) in [7, 11) is -1.54. The first kappa shape index (κ1) is 59.6. The van der Waals surface area contributed by atoms with Crippen molar-refractivity contribution in [1.82, 2.24) is 4.90 Å². The molecule has 0 aromatic heterocycles. The van der Waals surface area contributed by atoms with E-state index in [0.29, 0.717) is 30.1 Å². The van der Waals surface area contributed by atoms with Crippen LogP contribution in [0.2, 0.25) is 0 Å². The second-order valence-electron chi connectivity index (χ2n) is 19.6. The smallest absolute Gasteiger partial charge is 0.347 e. The lowest BCUT2D eigenvalue weighted by Gasteiger charge is -2.46. The fourth-order valence-corrected chi connectivity index (χ4v) is 13.4. The van der Waals surface area contributed by atoms with Crippen molar-refractivity contribution in [1.29, 1.82) is 0 Å². The number of hydrogen-bond acceptors (Lipinski definition) is 2. The van der Waals surface area contributed by atoms with Gasteiger partial charge in [-0.1, -0.05) is 134 Å². The maximum absolute atomic E-state index is 18.1. The molecule has 2 nitrogen and oxygen atoms in total. The van der Waals surface area contributed by atoms with Gasteiger partial charge in [-0.3, -0.25) is 4.99 Å². The van der Waals surface area contributed by atoms with E-state index in [9.17, 15) is 79.0 Å². The van der Waals surface area contributed by atoms with Gasteiger partial charge in [-0.25, -0.2) is 17.6 Å².